The minimum Gasteiger partial charge on any atom is -0.171 e. The maximum atomic E-state index is 11.4. The van der Waals surface area contributed by atoms with E-state index in [1.807, 2.05) is 27.7 Å². The molecule has 0 N–H and O–H groups in total. The van der Waals surface area contributed by atoms with Crippen molar-refractivity contribution >= 4 is 0 Å². The van der Waals surface area contributed by atoms with Crippen LogP contribution < -0.4 is 0 Å². The molecule has 256 valence electrons. The molecule has 40 heavy (non-hydrogen) atoms. The Morgan fingerprint density at radius 1 is 0.525 bits per heavy atom. The third-order valence-electron chi connectivity index (χ3n) is 3.60. The first-order valence-corrected chi connectivity index (χ1v) is 15.2. The van der Waals surface area contributed by atoms with Crippen molar-refractivity contribution in [3.8, 4) is 0 Å². The maximum absolute atomic E-state index is 11.4. The second-order valence-electron chi connectivity index (χ2n) is 11.3. The monoisotopic (exact) mass is 605 g/mol. The first kappa shape index (κ1) is 46.5. The van der Waals surface area contributed by atoms with Crippen molar-refractivity contribution in [3.05, 3.63) is 0 Å². The van der Waals surface area contributed by atoms with Crippen LogP contribution in [0.3, 0.4) is 0 Å². The van der Waals surface area contributed by atoms with Crippen molar-refractivity contribution in [2.75, 3.05) is 0 Å². The lowest BCUT2D eigenvalue weighted by Gasteiger charge is -2.07. The zero-order chi connectivity index (χ0) is 38.2. The summed E-state index contributed by atoms with van der Waals surface area (Å²) in [5, 5.41) is 0. The summed E-state index contributed by atoms with van der Waals surface area (Å²) < 4.78 is 94.8. The van der Waals surface area contributed by atoms with Crippen LogP contribution in [-0.2, 0) is 0 Å². The third-order valence-corrected chi connectivity index (χ3v) is 3.60. The fraction of sp³-hybridized carbons (Fsp3) is 1.00. The predicted octanol–water partition coefficient (Wildman–Crippen LogP) is 15.6. The second-order valence-corrected chi connectivity index (χ2v) is 11.3. The Morgan fingerprint density at radius 2 is 0.700 bits per heavy atom. The number of alkyl halides is 6. The lowest BCUT2D eigenvalue weighted by molar-refractivity contribution is -0.165. The fourth-order valence-electron chi connectivity index (χ4n) is 0.354. The summed E-state index contributed by atoms with van der Waals surface area (Å²) in [6.45, 7) is 34.8. The van der Waals surface area contributed by atoms with Gasteiger partial charge in [0.1, 0.15) is 0 Å². The van der Waals surface area contributed by atoms with E-state index in [0.29, 0.717) is 6.42 Å². The highest BCUT2D eigenvalue weighted by Crippen LogP contribution is 2.24. The molecule has 0 aromatic heterocycles. The van der Waals surface area contributed by atoms with E-state index >= 15 is 0 Å². The molecule has 0 aromatic rings. The number of rotatable bonds is 5. The normalized spacial score (nSPS) is 12.4. The Morgan fingerprint density at radius 3 is 0.700 bits per heavy atom. The standard InChI is InChI=1S/2C5H12.2C4H7F3.4C4H10/c1-4-5(2)3;1-3-5-4-2;2*1-3(2)4(5,6)7;2*1-4(2)3;2*1-3-4-2/h5H,4H2,1-3H3;3-5H2,1-2H3;2*3H,1-2H3;2*4H,1-3H3;2*3-4H2,1-2H3/i;;3D;;4D;;3D2;. The summed E-state index contributed by atoms with van der Waals surface area (Å²) in [6, 6.07) is 0. The van der Waals surface area contributed by atoms with E-state index in [0.717, 1.165) is 39.5 Å². The Balaban J connectivity index is -0.0000000568. The van der Waals surface area contributed by atoms with Gasteiger partial charge in [0.15, 0.2) is 0 Å². The van der Waals surface area contributed by atoms with E-state index in [2.05, 4.69) is 69.2 Å². The largest absolute Gasteiger partial charge is 0.391 e. The average Bonchev–Trinajstić information content (AvgIpc) is 2.77. The molecular formula is C34H78F6. The molecule has 0 spiro atoms. The summed E-state index contributed by atoms with van der Waals surface area (Å²) >= 11 is 0. The zero-order valence-electron chi connectivity index (χ0n) is 34.4. The van der Waals surface area contributed by atoms with Crippen molar-refractivity contribution < 1.29 is 31.8 Å². The van der Waals surface area contributed by atoms with Crippen LogP contribution in [0.25, 0.3) is 0 Å². The molecule has 0 aliphatic heterocycles. The van der Waals surface area contributed by atoms with Gasteiger partial charge < -0.3 is 0 Å². The van der Waals surface area contributed by atoms with Crippen LogP contribution in [0.4, 0.5) is 26.3 Å². The molecule has 0 saturated carbocycles. The molecule has 0 unspecified atom stereocenters. The van der Waals surface area contributed by atoms with Gasteiger partial charge in [-0.25, -0.2) is 0 Å². The van der Waals surface area contributed by atoms with Crippen molar-refractivity contribution in [2.45, 2.75) is 195 Å². The molecule has 0 heterocycles. The molecule has 6 heteroatoms. The van der Waals surface area contributed by atoms with Crippen LogP contribution in [0.15, 0.2) is 0 Å². The van der Waals surface area contributed by atoms with Gasteiger partial charge in [-0.3, -0.25) is 0 Å². The summed E-state index contributed by atoms with van der Waals surface area (Å²) in [4.78, 5) is 0. The van der Waals surface area contributed by atoms with Gasteiger partial charge in [0.05, 0.1) is 0 Å². The van der Waals surface area contributed by atoms with Gasteiger partial charge in [-0.05, 0) is 17.7 Å². The Labute approximate surface area is 256 Å². The topological polar surface area (TPSA) is 0 Å². The lowest BCUT2D eigenvalue weighted by Crippen LogP contribution is -2.15. The van der Waals surface area contributed by atoms with Crippen molar-refractivity contribution in [1.29, 1.82) is 0 Å². The van der Waals surface area contributed by atoms with Crippen molar-refractivity contribution in [2.24, 2.45) is 29.5 Å². The van der Waals surface area contributed by atoms with E-state index in [-0.39, 0.29) is 5.89 Å². The molecule has 0 fully saturated rings. The van der Waals surface area contributed by atoms with E-state index in [4.69, 9.17) is 5.48 Å². The molecule has 0 nitrogen and oxygen atoms in total. The Hall–Kier alpha value is -0.420. The molecule has 0 amide bonds. The van der Waals surface area contributed by atoms with Crippen LogP contribution in [0.2, 0.25) is 0 Å². The van der Waals surface area contributed by atoms with Gasteiger partial charge in [-0.1, -0.05) is 183 Å². The van der Waals surface area contributed by atoms with E-state index in [1.165, 1.54) is 38.5 Å². The van der Waals surface area contributed by atoms with Crippen molar-refractivity contribution in [1.82, 2.24) is 0 Å². The molecule has 0 atom stereocenters. The van der Waals surface area contributed by atoms with Crippen LogP contribution >= 0.6 is 0 Å². The predicted molar refractivity (Wildman–Crippen MR) is 174 cm³/mol. The summed E-state index contributed by atoms with van der Waals surface area (Å²) in [7, 11) is 0. The second kappa shape index (κ2) is 45.6. The quantitative estimate of drug-likeness (QED) is 0.274. The van der Waals surface area contributed by atoms with Gasteiger partial charge in [-0.2, -0.15) is 26.3 Å². The van der Waals surface area contributed by atoms with E-state index in [1.54, 1.807) is 6.92 Å². The summed E-state index contributed by atoms with van der Waals surface area (Å²) in [6.07, 6.45) is -0.729. The molecule has 0 aliphatic carbocycles. The van der Waals surface area contributed by atoms with Crippen LogP contribution in [0.1, 0.15) is 188 Å². The molecule has 0 bridgehead atoms. The van der Waals surface area contributed by atoms with Gasteiger partial charge in [0.2, 0.25) is 0 Å². The first-order valence-electron chi connectivity index (χ1n) is 17.2. The van der Waals surface area contributed by atoms with Gasteiger partial charge >= 0.3 is 12.4 Å². The minimum absolute atomic E-state index is 0.250. The number of hydrogen-bond donors (Lipinski definition) is 0. The van der Waals surface area contributed by atoms with Crippen LogP contribution in [0, 0.1) is 29.5 Å². The number of unbranched alkanes of at least 4 members (excludes halogenated alkanes) is 3. The first-order chi connectivity index (χ1) is 19.1. The fourth-order valence-corrected chi connectivity index (χ4v) is 0.354. The van der Waals surface area contributed by atoms with Crippen molar-refractivity contribution in [3.63, 3.8) is 0 Å². The zero-order valence-corrected chi connectivity index (χ0v) is 30.4. The molecule has 0 rings (SSSR count). The van der Waals surface area contributed by atoms with E-state index in [9.17, 15) is 26.3 Å². The summed E-state index contributed by atoms with van der Waals surface area (Å²) in [5.41, 5.74) is 0. The van der Waals surface area contributed by atoms with Crippen LogP contribution in [0.5, 0.6) is 0 Å². The molecule has 0 saturated heterocycles. The molecular weight excluding hydrogens is 522 g/mol. The third kappa shape index (κ3) is 163. The van der Waals surface area contributed by atoms with Crippen LogP contribution in [-0.4, -0.2) is 12.4 Å². The molecule has 0 aliphatic rings. The SMILES string of the molecule is CC(C)C.CC(C)C(F)(F)F.CCC(C)C.CCCC.CCCCC.[2H]C(C)(C)C.[2H]C(C)(C)C(F)(F)F.[2H]C([2H])(C)CC. The average molecular weight is 605 g/mol. The highest BCUT2D eigenvalue weighted by atomic mass is 19.4. The Bertz CT molecular complexity index is 474. The lowest BCUT2D eigenvalue weighted by atomic mass is 10.2. The summed E-state index contributed by atoms with van der Waals surface area (Å²) in [5.74, 6) is -2.05. The van der Waals surface area contributed by atoms with Gasteiger partial charge in [0.25, 0.3) is 0 Å². The minimum atomic E-state index is -4.40. The molecule has 0 radical (unpaired) electrons. The highest BCUT2D eigenvalue weighted by molar-refractivity contribution is 4.53. The number of hydrogen-bond acceptors (Lipinski definition) is 0. The van der Waals surface area contributed by atoms with E-state index < -0.39 is 30.5 Å². The number of halogens is 6. The van der Waals surface area contributed by atoms with Gasteiger partial charge in [0, 0.05) is 17.3 Å². The Kier molecular flexibility index (Phi) is 53.0. The molecule has 0 aromatic carbocycles. The smallest absolute Gasteiger partial charge is 0.171 e. The maximum Gasteiger partial charge on any atom is 0.391 e. The highest BCUT2D eigenvalue weighted by Gasteiger charge is 2.32. The van der Waals surface area contributed by atoms with Gasteiger partial charge in [-0.15, -0.1) is 0 Å².